The summed E-state index contributed by atoms with van der Waals surface area (Å²) in [6, 6.07) is 17.8. The van der Waals surface area contributed by atoms with Gasteiger partial charge in [-0.05, 0) is 54.1 Å². The van der Waals surface area contributed by atoms with Crippen LogP contribution in [0.4, 0.5) is 0 Å². The Morgan fingerprint density at radius 3 is 2.46 bits per heavy atom. The highest BCUT2D eigenvalue weighted by Gasteiger charge is 2.21. The standard InChI is InChI=1S/C21H15NO3S/c1-25-16-10-6-13(7-11-16)18-17-3-2-12-22-21(17)26-20(18)19(24)14-4-8-15(23)9-5-14/h2-12,23H,1H3. The maximum atomic E-state index is 13.1. The number of rotatable bonds is 4. The Bertz CT molecular complexity index is 1080. The molecule has 2 aromatic heterocycles. The number of ketones is 1. The molecule has 0 radical (unpaired) electrons. The minimum absolute atomic E-state index is 0.0844. The second kappa shape index (κ2) is 6.61. The highest BCUT2D eigenvalue weighted by atomic mass is 32.1. The highest BCUT2D eigenvalue weighted by Crippen LogP contribution is 2.39. The first kappa shape index (κ1) is 16.3. The molecule has 1 N–H and O–H groups in total. The third-order valence-corrected chi connectivity index (χ3v) is 5.29. The van der Waals surface area contributed by atoms with Crippen molar-refractivity contribution in [3.8, 4) is 22.6 Å². The van der Waals surface area contributed by atoms with Gasteiger partial charge in [-0.15, -0.1) is 11.3 Å². The van der Waals surface area contributed by atoms with Crippen LogP contribution in [-0.2, 0) is 0 Å². The number of pyridine rings is 1. The number of carbonyl (C=O) groups is 1. The molecule has 5 heteroatoms. The number of methoxy groups -OCH3 is 1. The minimum atomic E-state index is -0.0844. The molecule has 0 aliphatic rings. The van der Waals surface area contributed by atoms with E-state index in [1.165, 1.54) is 23.5 Å². The molecule has 0 fully saturated rings. The highest BCUT2D eigenvalue weighted by molar-refractivity contribution is 7.21. The lowest BCUT2D eigenvalue weighted by Crippen LogP contribution is -2.00. The number of ether oxygens (including phenoxy) is 1. The molecule has 0 aliphatic heterocycles. The van der Waals surface area contributed by atoms with Gasteiger partial charge in [-0.3, -0.25) is 4.79 Å². The van der Waals surface area contributed by atoms with Gasteiger partial charge in [-0.1, -0.05) is 12.1 Å². The van der Waals surface area contributed by atoms with E-state index in [0.29, 0.717) is 10.4 Å². The van der Waals surface area contributed by atoms with Crippen LogP contribution in [0, 0.1) is 0 Å². The molecule has 0 atom stereocenters. The lowest BCUT2D eigenvalue weighted by molar-refractivity contribution is 0.104. The Labute approximate surface area is 154 Å². The fraction of sp³-hybridized carbons (Fsp3) is 0.0476. The van der Waals surface area contributed by atoms with Crippen LogP contribution >= 0.6 is 11.3 Å². The van der Waals surface area contributed by atoms with Gasteiger partial charge in [0.25, 0.3) is 0 Å². The minimum Gasteiger partial charge on any atom is -0.508 e. The molecule has 4 nitrogen and oxygen atoms in total. The number of benzene rings is 2. The number of carbonyl (C=O) groups excluding carboxylic acids is 1. The van der Waals surface area contributed by atoms with E-state index in [0.717, 1.165) is 27.1 Å². The first-order valence-electron chi connectivity index (χ1n) is 8.03. The van der Waals surface area contributed by atoms with E-state index in [1.807, 2.05) is 36.4 Å². The second-order valence-corrected chi connectivity index (χ2v) is 6.77. The van der Waals surface area contributed by atoms with E-state index < -0.39 is 0 Å². The normalized spacial score (nSPS) is 10.8. The van der Waals surface area contributed by atoms with Crippen molar-refractivity contribution in [2.45, 2.75) is 0 Å². The smallest absolute Gasteiger partial charge is 0.203 e. The third kappa shape index (κ3) is 2.82. The number of phenolic OH excluding ortho intramolecular Hbond substituents is 1. The van der Waals surface area contributed by atoms with Crippen LogP contribution < -0.4 is 4.74 Å². The Balaban J connectivity index is 1.91. The second-order valence-electron chi connectivity index (χ2n) is 5.77. The molecule has 0 bridgehead atoms. The van der Waals surface area contributed by atoms with Crippen molar-refractivity contribution >= 4 is 27.3 Å². The Kier molecular flexibility index (Phi) is 4.14. The van der Waals surface area contributed by atoms with Crippen LogP contribution in [-0.4, -0.2) is 23.0 Å². The number of fused-ring (bicyclic) bond motifs is 1. The van der Waals surface area contributed by atoms with E-state index >= 15 is 0 Å². The van der Waals surface area contributed by atoms with Gasteiger partial charge in [-0.2, -0.15) is 0 Å². The molecule has 4 rings (SSSR count). The fourth-order valence-corrected chi connectivity index (χ4v) is 4.01. The molecule has 0 saturated carbocycles. The van der Waals surface area contributed by atoms with Crippen LogP contribution in [0.25, 0.3) is 21.3 Å². The zero-order valence-corrected chi connectivity index (χ0v) is 14.8. The van der Waals surface area contributed by atoms with Crippen LogP contribution in [0.15, 0.2) is 66.9 Å². The first-order valence-corrected chi connectivity index (χ1v) is 8.84. The maximum Gasteiger partial charge on any atom is 0.203 e. The summed E-state index contributed by atoms with van der Waals surface area (Å²) in [4.78, 5) is 19.0. The van der Waals surface area contributed by atoms with Gasteiger partial charge >= 0.3 is 0 Å². The van der Waals surface area contributed by atoms with Gasteiger partial charge in [0.2, 0.25) is 5.78 Å². The lowest BCUT2D eigenvalue weighted by Gasteiger charge is -2.06. The summed E-state index contributed by atoms with van der Waals surface area (Å²) in [6.07, 6.45) is 1.73. The summed E-state index contributed by atoms with van der Waals surface area (Å²) in [5, 5.41) is 10.4. The van der Waals surface area contributed by atoms with E-state index in [4.69, 9.17) is 4.74 Å². The van der Waals surface area contributed by atoms with Crippen LogP contribution in [0.1, 0.15) is 15.2 Å². The largest absolute Gasteiger partial charge is 0.508 e. The van der Waals surface area contributed by atoms with Crippen molar-refractivity contribution < 1.29 is 14.6 Å². The molecule has 4 aromatic rings. The summed E-state index contributed by atoms with van der Waals surface area (Å²) < 4.78 is 5.23. The molecule has 0 amide bonds. The summed E-state index contributed by atoms with van der Waals surface area (Å²) in [5.74, 6) is 0.812. The van der Waals surface area contributed by atoms with Gasteiger partial charge in [0.15, 0.2) is 0 Å². The van der Waals surface area contributed by atoms with E-state index in [2.05, 4.69) is 4.98 Å². The first-order chi connectivity index (χ1) is 12.7. The molecular formula is C21H15NO3S. The molecule has 26 heavy (non-hydrogen) atoms. The predicted octanol–water partition coefficient (Wildman–Crippen LogP) is 4.91. The molecule has 0 aliphatic carbocycles. The molecular weight excluding hydrogens is 346 g/mol. The number of nitrogens with zero attached hydrogens (tertiary/aromatic N) is 1. The van der Waals surface area contributed by atoms with Crippen molar-refractivity contribution in [3.63, 3.8) is 0 Å². The van der Waals surface area contributed by atoms with E-state index in [1.54, 1.807) is 25.4 Å². The Hall–Kier alpha value is -3.18. The van der Waals surface area contributed by atoms with E-state index in [-0.39, 0.29) is 11.5 Å². The fourth-order valence-electron chi connectivity index (χ4n) is 2.88. The molecule has 128 valence electrons. The number of phenols is 1. The molecule has 2 heterocycles. The predicted molar refractivity (Wildman–Crippen MR) is 103 cm³/mol. The summed E-state index contributed by atoms with van der Waals surface area (Å²) >= 11 is 1.38. The Morgan fingerprint density at radius 1 is 1.04 bits per heavy atom. The van der Waals surface area contributed by atoms with Gasteiger partial charge in [0.1, 0.15) is 16.3 Å². The zero-order chi connectivity index (χ0) is 18.1. The zero-order valence-electron chi connectivity index (χ0n) is 14.0. The van der Waals surface area contributed by atoms with E-state index in [9.17, 15) is 9.90 Å². The summed E-state index contributed by atoms with van der Waals surface area (Å²) in [5.41, 5.74) is 2.34. The average Bonchev–Trinajstić information content (AvgIpc) is 3.07. The van der Waals surface area contributed by atoms with Crippen molar-refractivity contribution in [2.24, 2.45) is 0 Å². The van der Waals surface area contributed by atoms with Crippen molar-refractivity contribution in [1.82, 2.24) is 4.98 Å². The van der Waals surface area contributed by atoms with Crippen molar-refractivity contribution in [2.75, 3.05) is 7.11 Å². The molecule has 0 unspecified atom stereocenters. The number of thiophene rings is 1. The van der Waals surface area contributed by atoms with Crippen LogP contribution in [0.2, 0.25) is 0 Å². The lowest BCUT2D eigenvalue weighted by atomic mass is 9.99. The molecule has 0 spiro atoms. The molecule has 2 aromatic carbocycles. The number of aromatic nitrogens is 1. The summed E-state index contributed by atoms with van der Waals surface area (Å²) in [7, 11) is 1.62. The SMILES string of the molecule is COc1ccc(-c2c(C(=O)c3ccc(O)cc3)sc3ncccc23)cc1. The van der Waals surface area contributed by atoms with Crippen molar-refractivity contribution in [3.05, 3.63) is 77.3 Å². The van der Waals surface area contributed by atoms with Gasteiger partial charge in [0.05, 0.1) is 12.0 Å². The monoisotopic (exact) mass is 361 g/mol. The topological polar surface area (TPSA) is 59.4 Å². The quantitative estimate of drug-likeness (QED) is 0.525. The van der Waals surface area contributed by atoms with Gasteiger partial charge in [-0.25, -0.2) is 4.98 Å². The van der Waals surface area contributed by atoms with Crippen LogP contribution in [0.3, 0.4) is 0 Å². The Morgan fingerprint density at radius 2 is 1.77 bits per heavy atom. The van der Waals surface area contributed by atoms with Gasteiger partial charge in [0, 0.05) is 22.7 Å². The summed E-state index contributed by atoms with van der Waals surface area (Å²) in [6.45, 7) is 0. The molecule has 0 saturated heterocycles. The van der Waals surface area contributed by atoms with Crippen LogP contribution in [0.5, 0.6) is 11.5 Å². The maximum absolute atomic E-state index is 13.1. The average molecular weight is 361 g/mol. The number of hydrogen-bond acceptors (Lipinski definition) is 5. The van der Waals surface area contributed by atoms with Gasteiger partial charge < -0.3 is 9.84 Å². The number of hydrogen-bond donors (Lipinski definition) is 1. The number of aromatic hydroxyl groups is 1. The van der Waals surface area contributed by atoms with Crippen molar-refractivity contribution in [1.29, 1.82) is 0 Å². The third-order valence-electron chi connectivity index (χ3n) is 4.18.